The van der Waals surface area contributed by atoms with Gasteiger partial charge in [0, 0.05) is 18.5 Å². The van der Waals surface area contributed by atoms with Gasteiger partial charge in [0.05, 0.1) is 5.69 Å². The minimum atomic E-state index is -4.67. The lowest BCUT2D eigenvalue weighted by molar-refractivity contribution is 0.527. The Bertz CT molecular complexity index is 442. The first-order valence-corrected chi connectivity index (χ1v) is 5.50. The van der Waals surface area contributed by atoms with Gasteiger partial charge < -0.3 is 0 Å². The predicted molar refractivity (Wildman–Crippen MR) is 50.2 cm³/mol. The molecule has 1 aromatic rings. The van der Waals surface area contributed by atoms with E-state index in [2.05, 4.69) is 5.10 Å². The van der Waals surface area contributed by atoms with Gasteiger partial charge in [-0.05, 0) is 0 Å². The Hall–Kier alpha value is -0.910. The van der Waals surface area contributed by atoms with Crippen LogP contribution in [0.15, 0.2) is 11.1 Å². The SMILES string of the molecule is Cn1nc(C(C)(C)C)cc1S(=O)(=O)F. The lowest BCUT2D eigenvalue weighted by Crippen LogP contribution is -2.12. The molecule has 0 aliphatic heterocycles. The summed E-state index contributed by atoms with van der Waals surface area (Å²) in [6, 6.07) is 1.26. The van der Waals surface area contributed by atoms with E-state index in [1.54, 1.807) is 0 Å². The zero-order valence-corrected chi connectivity index (χ0v) is 9.39. The van der Waals surface area contributed by atoms with Crippen molar-refractivity contribution in [2.24, 2.45) is 7.05 Å². The zero-order chi connectivity index (χ0) is 11.1. The lowest BCUT2D eigenvalue weighted by atomic mass is 9.93. The van der Waals surface area contributed by atoms with E-state index in [9.17, 15) is 12.3 Å². The number of hydrogen-bond donors (Lipinski definition) is 0. The van der Waals surface area contributed by atoms with Crippen LogP contribution >= 0.6 is 0 Å². The first-order chi connectivity index (χ1) is 6.12. The normalized spacial score (nSPS) is 13.2. The van der Waals surface area contributed by atoms with Gasteiger partial charge in [-0.15, -0.1) is 0 Å². The number of hydrogen-bond acceptors (Lipinski definition) is 3. The van der Waals surface area contributed by atoms with Crippen molar-refractivity contribution in [3.05, 3.63) is 11.8 Å². The fraction of sp³-hybridized carbons (Fsp3) is 0.625. The van der Waals surface area contributed by atoms with Gasteiger partial charge in [-0.2, -0.15) is 13.5 Å². The molecule has 0 saturated heterocycles. The second kappa shape index (κ2) is 3.05. The number of aromatic nitrogens is 2. The molecule has 0 atom stereocenters. The van der Waals surface area contributed by atoms with Crippen LogP contribution in [0.4, 0.5) is 3.89 Å². The van der Waals surface area contributed by atoms with Crippen molar-refractivity contribution in [1.82, 2.24) is 9.78 Å². The number of rotatable bonds is 1. The van der Waals surface area contributed by atoms with Crippen LogP contribution in [0.3, 0.4) is 0 Å². The fourth-order valence-corrected chi connectivity index (χ4v) is 1.65. The highest BCUT2D eigenvalue weighted by Gasteiger charge is 2.24. The molecular weight excluding hydrogens is 207 g/mol. The third-order valence-electron chi connectivity index (χ3n) is 1.86. The van der Waals surface area contributed by atoms with Crippen molar-refractivity contribution in [1.29, 1.82) is 0 Å². The highest BCUT2D eigenvalue weighted by Crippen LogP contribution is 2.23. The molecule has 0 bridgehead atoms. The van der Waals surface area contributed by atoms with Crippen LogP contribution in [-0.4, -0.2) is 18.2 Å². The van der Waals surface area contributed by atoms with Gasteiger partial charge in [-0.3, -0.25) is 4.68 Å². The number of halogens is 1. The summed E-state index contributed by atoms with van der Waals surface area (Å²) in [5.41, 5.74) is 0.261. The number of aryl methyl sites for hydroxylation is 1. The van der Waals surface area contributed by atoms with Gasteiger partial charge in [0.25, 0.3) is 0 Å². The van der Waals surface area contributed by atoms with E-state index in [1.165, 1.54) is 13.1 Å². The summed E-state index contributed by atoms with van der Waals surface area (Å²) in [7, 11) is -3.27. The summed E-state index contributed by atoms with van der Waals surface area (Å²) in [6.07, 6.45) is 0. The van der Waals surface area contributed by atoms with E-state index in [0.29, 0.717) is 5.69 Å². The van der Waals surface area contributed by atoms with Crippen LogP contribution in [-0.2, 0) is 22.7 Å². The topological polar surface area (TPSA) is 52.0 Å². The fourth-order valence-electron chi connectivity index (χ4n) is 1.04. The van der Waals surface area contributed by atoms with Gasteiger partial charge in [0.2, 0.25) is 0 Å². The van der Waals surface area contributed by atoms with Gasteiger partial charge in [-0.1, -0.05) is 24.7 Å². The molecular formula is C8H13FN2O2S. The van der Waals surface area contributed by atoms with Crippen LogP contribution in [0.2, 0.25) is 0 Å². The van der Waals surface area contributed by atoms with Crippen molar-refractivity contribution in [3.8, 4) is 0 Å². The maximum atomic E-state index is 12.7. The zero-order valence-electron chi connectivity index (χ0n) is 8.57. The molecule has 1 aromatic heterocycles. The average Bonchev–Trinajstić information content (AvgIpc) is 2.27. The van der Waals surface area contributed by atoms with Crippen molar-refractivity contribution in [2.45, 2.75) is 31.2 Å². The van der Waals surface area contributed by atoms with Crippen molar-refractivity contribution in [3.63, 3.8) is 0 Å². The van der Waals surface area contributed by atoms with E-state index in [4.69, 9.17) is 0 Å². The van der Waals surface area contributed by atoms with E-state index >= 15 is 0 Å². The molecule has 1 heterocycles. The molecule has 1 rings (SSSR count). The highest BCUT2D eigenvalue weighted by atomic mass is 32.3. The first kappa shape index (κ1) is 11.2. The minimum absolute atomic E-state index is 0.291. The summed E-state index contributed by atoms with van der Waals surface area (Å²) >= 11 is 0. The molecule has 0 aromatic carbocycles. The van der Waals surface area contributed by atoms with E-state index < -0.39 is 15.2 Å². The average molecular weight is 220 g/mol. The van der Waals surface area contributed by atoms with Crippen molar-refractivity contribution >= 4 is 10.2 Å². The molecule has 0 amide bonds. The van der Waals surface area contributed by atoms with Crippen molar-refractivity contribution < 1.29 is 12.3 Å². The second-order valence-corrected chi connectivity index (χ2v) is 5.47. The smallest absolute Gasteiger partial charge is 0.255 e. The molecule has 0 unspecified atom stereocenters. The maximum Gasteiger partial charge on any atom is 0.349 e. The summed E-state index contributed by atoms with van der Waals surface area (Å²) in [4.78, 5) is 0. The van der Waals surface area contributed by atoms with E-state index in [0.717, 1.165) is 4.68 Å². The molecule has 0 N–H and O–H groups in total. The van der Waals surface area contributed by atoms with Crippen molar-refractivity contribution in [2.75, 3.05) is 0 Å². The molecule has 80 valence electrons. The second-order valence-electron chi connectivity index (χ2n) is 4.18. The molecule has 0 fully saturated rings. The predicted octanol–water partition coefficient (Wildman–Crippen LogP) is 1.38. The Kier molecular flexibility index (Phi) is 2.43. The largest absolute Gasteiger partial charge is 0.349 e. The molecule has 6 heteroatoms. The lowest BCUT2D eigenvalue weighted by Gasteiger charge is -2.13. The standard InChI is InChI=1S/C8H13FN2O2S/c1-8(2,3)6-5-7(11(4)10-6)14(9,12)13/h5H,1-4H3. The van der Waals surface area contributed by atoms with Gasteiger partial charge >= 0.3 is 10.2 Å². The molecule has 0 radical (unpaired) electrons. The molecule has 4 nitrogen and oxygen atoms in total. The van der Waals surface area contributed by atoms with Crippen LogP contribution < -0.4 is 0 Å². The Balaban J connectivity index is 3.33. The molecule has 14 heavy (non-hydrogen) atoms. The highest BCUT2D eigenvalue weighted by molar-refractivity contribution is 7.86. The summed E-state index contributed by atoms with van der Waals surface area (Å²) in [5, 5.41) is 3.55. The Morgan fingerprint density at radius 2 is 1.93 bits per heavy atom. The summed E-state index contributed by atoms with van der Waals surface area (Å²) < 4.78 is 35.1. The van der Waals surface area contributed by atoms with E-state index in [1.807, 2.05) is 20.8 Å². The third-order valence-corrected chi connectivity index (χ3v) is 2.74. The molecule has 0 aliphatic carbocycles. The Morgan fingerprint density at radius 1 is 1.43 bits per heavy atom. The van der Waals surface area contributed by atoms with Crippen LogP contribution in [0.5, 0.6) is 0 Å². The Morgan fingerprint density at radius 3 is 2.14 bits per heavy atom. The minimum Gasteiger partial charge on any atom is -0.255 e. The molecule has 0 spiro atoms. The first-order valence-electron chi connectivity index (χ1n) is 4.11. The van der Waals surface area contributed by atoms with Crippen LogP contribution in [0.1, 0.15) is 26.5 Å². The maximum absolute atomic E-state index is 12.7. The quantitative estimate of drug-likeness (QED) is 0.672. The monoisotopic (exact) mass is 220 g/mol. The van der Waals surface area contributed by atoms with E-state index in [-0.39, 0.29) is 5.41 Å². The third kappa shape index (κ3) is 2.12. The van der Waals surface area contributed by atoms with Crippen LogP contribution in [0, 0.1) is 0 Å². The molecule has 0 saturated carbocycles. The summed E-state index contributed by atoms with van der Waals surface area (Å²) in [5.74, 6) is 0. The van der Waals surface area contributed by atoms with Gasteiger partial charge in [-0.25, -0.2) is 0 Å². The van der Waals surface area contributed by atoms with Gasteiger partial charge in [0.1, 0.15) is 0 Å². The van der Waals surface area contributed by atoms with Crippen LogP contribution in [0.25, 0.3) is 0 Å². The molecule has 0 aliphatic rings. The number of nitrogens with zero attached hydrogens (tertiary/aromatic N) is 2. The Labute approximate surface area is 82.9 Å². The summed E-state index contributed by atoms with van der Waals surface area (Å²) in [6.45, 7) is 5.64. The van der Waals surface area contributed by atoms with Gasteiger partial charge in [0.15, 0.2) is 5.03 Å².